The molecule has 1 aromatic rings. The van der Waals surface area contributed by atoms with Crippen molar-refractivity contribution < 1.29 is 24.1 Å². The minimum Gasteiger partial charge on any atom is -0.481 e. The molecule has 30 heavy (non-hydrogen) atoms. The summed E-state index contributed by atoms with van der Waals surface area (Å²) in [6.45, 7) is 4.67. The lowest BCUT2D eigenvalue weighted by molar-refractivity contribution is -0.150. The molecule has 0 radical (unpaired) electrons. The van der Waals surface area contributed by atoms with Crippen molar-refractivity contribution >= 4 is 11.9 Å². The number of hydrogen-bond acceptors (Lipinski definition) is 4. The van der Waals surface area contributed by atoms with Crippen molar-refractivity contribution in [1.29, 1.82) is 0 Å². The van der Waals surface area contributed by atoms with Crippen LogP contribution in [0, 0.1) is 0 Å². The van der Waals surface area contributed by atoms with E-state index in [0.717, 1.165) is 5.56 Å². The standard InChI is InChI=1S/C13H28.C11H13NO4.FH/c1-3-5-7-9-11-13-12-10-8-6-4-2;12-9(6-10(13)14)11(15)16-7-8-4-2-1-3-5-8;/h3-13H2,1-2H3;1-5,9H,6-7,12H2,(H,13,14);1H. The average molecular weight is 428 g/mol. The van der Waals surface area contributed by atoms with E-state index in [1.165, 1.54) is 70.6 Å². The number of nitrogens with two attached hydrogens (primary N) is 1. The van der Waals surface area contributed by atoms with Gasteiger partial charge in [0.15, 0.2) is 0 Å². The lowest BCUT2D eigenvalue weighted by Gasteiger charge is -2.09. The Labute approximate surface area is 181 Å². The Morgan fingerprint density at radius 3 is 1.70 bits per heavy atom. The van der Waals surface area contributed by atoms with E-state index in [-0.39, 0.29) is 11.3 Å². The van der Waals surface area contributed by atoms with Crippen LogP contribution >= 0.6 is 0 Å². The summed E-state index contributed by atoms with van der Waals surface area (Å²) in [5.41, 5.74) is 6.16. The van der Waals surface area contributed by atoms with Gasteiger partial charge in [-0.2, -0.15) is 0 Å². The molecule has 0 spiro atoms. The second-order valence-electron chi connectivity index (χ2n) is 7.48. The van der Waals surface area contributed by atoms with Crippen LogP contribution in [0.25, 0.3) is 0 Å². The zero-order chi connectivity index (χ0) is 21.7. The fraction of sp³-hybridized carbons (Fsp3) is 0.667. The van der Waals surface area contributed by atoms with Crippen molar-refractivity contribution in [3.05, 3.63) is 35.9 Å². The Morgan fingerprint density at radius 2 is 1.30 bits per heavy atom. The summed E-state index contributed by atoms with van der Waals surface area (Å²) in [4.78, 5) is 21.5. The molecule has 0 saturated carbocycles. The van der Waals surface area contributed by atoms with Crippen LogP contribution in [0.3, 0.4) is 0 Å². The number of carbonyl (C=O) groups is 2. The number of rotatable bonds is 15. The van der Waals surface area contributed by atoms with E-state index in [0.29, 0.717) is 0 Å². The van der Waals surface area contributed by atoms with Gasteiger partial charge in [0.2, 0.25) is 0 Å². The van der Waals surface area contributed by atoms with E-state index in [1.807, 2.05) is 18.2 Å². The van der Waals surface area contributed by atoms with Gasteiger partial charge in [-0.15, -0.1) is 0 Å². The third-order valence-electron chi connectivity index (χ3n) is 4.63. The molecule has 5 nitrogen and oxygen atoms in total. The van der Waals surface area contributed by atoms with Gasteiger partial charge in [0.1, 0.15) is 12.6 Å². The molecular weight excluding hydrogens is 385 g/mol. The predicted molar refractivity (Wildman–Crippen MR) is 121 cm³/mol. The lowest BCUT2D eigenvalue weighted by Crippen LogP contribution is -2.34. The maximum atomic E-state index is 11.2. The number of ether oxygens (including phenoxy) is 1. The summed E-state index contributed by atoms with van der Waals surface area (Å²) < 4.78 is 4.86. The Balaban J connectivity index is 0. The van der Waals surface area contributed by atoms with Crippen LogP contribution in [-0.4, -0.2) is 23.1 Å². The number of hydrogen-bond donors (Lipinski definition) is 2. The van der Waals surface area contributed by atoms with Crippen molar-refractivity contribution in [3.8, 4) is 0 Å². The molecule has 0 aromatic heterocycles. The zero-order valence-corrected chi connectivity index (χ0v) is 18.8. The molecule has 0 aliphatic rings. The first-order chi connectivity index (χ1) is 14.0. The van der Waals surface area contributed by atoms with Gasteiger partial charge in [0.05, 0.1) is 6.42 Å². The molecule has 0 amide bonds. The molecule has 0 saturated heterocycles. The number of carbonyl (C=O) groups excluding carboxylic acids is 1. The van der Waals surface area contributed by atoms with E-state index in [4.69, 9.17) is 15.6 Å². The summed E-state index contributed by atoms with van der Waals surface area (Å²) in [7, 11) is 0. The highest BCUT2D eigenvalue weighted by molar-refractivity contribution is 5.81. The predicted octanol–water partition coefficient (Wildman–Crippen LogP) is 6.00. The minimum absolute atomic E-state index is 0. The van der Waals surface area contributed by atoms with E-state index >= 15 is 0 Å². The molecule has 0 aliphatic carbocycles. The maximum Gasteiger partial charge on any atom is 0.323 e. The average Bonchev–Trinajstić information content (AvgIpc) is 2.71. The molecule has 0 fully saturated rings. The molecule has 174 valence electrons. The van der Waals surface area contributed by atoms with Crippen LogP contribution < -0.4 is 5.73 Å². The molecule has 1 unspecified atom stereocenters. The van der Waals surface area contributed by atoms with E-state index in [1.54, 1.807) is 12.1 Å². The van der Waals surface area contributed by atoms with Gasteiger partial charge in [0.25, 0.3) is 0 Å². The van der Waals surface area contributed by atoms with Crippen molar-refractivity contribution in [2.24, 2.45) is 5.73 Å². The summed E-state index contributed by atoms with van der Waals surface area (Å²) in [6, 6.07) is 7.98. The number of carboxylic acid groups (broad SMARTS) is 1. The highest BCUT2D eigenvalue weighted by Gasteiger charge is 2.18. The van der Waals surface area contributed by atoms with Crippen molar-refractivity contribution in [2.75, 3.05) is 0 Å². The Bertz CT molecular complexity index is 515. The van der Waals surface area contributed by atoms with Gasteiger partial charge in [-0.1, -0.05) is 115 Å². The van der Waals surface area contributed by atoms with Gasteiger partial charge in [-0.25, -0.2) is 0 Å². The third kappa shape index (κ3) is 19.4. The number of unbranched alkanes of at least 4 members (excludes halogenated alkanes) is 10. The SMILES string of the molecule is CCCCCCCCCCCCC.F.NC(CC(=O)O)C(=O)OCc1ccccc1. The molecule has 0 heterocycles. The third-order valence-corrected chi connectivity index (χ3v) is 4.63. The number of benzene rings is 1. The Morgan fingerprint density at radius 1 is 0.867 bits per heavy atom. The molecule has 1 aromatic carbocycles. The van der Waals surface area contributed by atoms with E-state index in [9.17, 15) is 9.59 Å². The first-order valence-corrected chi connectivity index (χ1v) is 11.2. The fourth-order valence-electron chi connectivity index (χ4n) is 2.84. The van der Waals surface area contributed by atoms with E-state index in [2.05, 4.69) is 13.8 Å². The van der Waals surface area contributed by atoms with Crippen molar-refractivity contribution in [1.82, 2.24) is 0 Å². The molecule has 1 rings (SSSR count). The van der Waals surface area contributed by atoms with Crippen molar-refractivity contribution in [3.63, 3.8) is 0 Å². The zero-order valence-electron chi connectivity index (χ0n) is 18.8. The Kier molecular flexibility index (Phi) is 21.9. The van der Waals surface area contributed by atoms with Gasteiger partial charge in [-0.3, -0.25) is 14.3 Å². The highest BCUT2D eigenvalue weighted by Crippen LogP contribution is 2.10. The van der Waals surface area contributed by atoms with Crippen LogP contribution in [0.2, 0.25) is 0 Å². The summed E-state index contributed by atoms with van der Waals surface area (Å²) in [6.07, 6.45) is 15.5. The molecule has 0 bridgehead atoms. The summed E-state index contributed by atoms with van der Waals surface area (Å²) >= 11 is 0. The lowest BCUT2D eigenvalue weighted by atomic mass is 10.1. The number of aliphatic carboxylic acids is 1. The monoisotopic (exact) mass is 427 g/mol. The van der Waals surface area contributed by atoms with Crippen LogP contribution in [-0.2, 0) is 20.9 Å². The number of halogens is 1. The van der Waals surface area contributed by atoms with E-state index < -0.39 is 24.4 Å². The minimum atomic E-state index is -1.12. The quantitative estimate of drug-likeness (QED) is 0.265. The van der Waals surface area contributed by atoms with Gasteiger partial charge < -0.3 is 15.6 Å². The van der Waals surface area contributed by atoms with Crippen molar-refractivity contribution in [2.45, 2.75) is 104 Å². The summed E-state index contributed by atoms with van der Waals surface area (Å²) in [5, 5.41) is 8.43. The Hall–Kier alpha value is -1.95. The smallest absolute Gasteiger partial charge is 0.323 e. The van der Waals surface area contributed by atoms with Gasteiger partial charge in [0, 0.05) is 0 Å². The first-order valence-electron chi connectivity index (χ1n) is 11.2. The van der Waals surface area contributed by atoms with Crippen LogP contribution in [0.1, 0.15) is 96.5 Å². The van der Waals surface area contributed by atoms with Crippen LogP contribution in [0.15, 0.2) is 30.3 Å². The van der Waals surface area contributed by atoms with Crippen LogP contribution in [0.4, 0.5) is 4.70 Å². The molecular formula is C24H42FNO4. The number of carboxylic acids is 1. The van der Waals surface area contributed by atoms with Crippen LogP contribution in [0.5, 0.6) is 0 Å². The fourth-order valence-corrected chi connectivity index (χ4v) is 2.84. The molecule has 6 heteroatoms. The summed E-state index contributed by atoms with van der Waals surface area (Å²) in [5.74, 6) is -1.82. The first kappa shape index (κ1) is 30.2. The second kappa shape index (κ2) is 21.8. The highest BCUT2D eigenvalue weighted by atomic mass is 19.0. The molecule has 1 atom stereocenters. The number of esters is 1. The maximum absolute atomic E-state index is 11.2. The molecule has 0 aliphatic heterocycles. The van der Waals surface area contributed by atoms with Gasteiger partial charge >= 0.3 is 11.9 Å². The second-order valence-corrected chi connectivity index (χ2v) is 7.48. The largest absolute Gasteiger partial charge is 0.481 e. The van der Waals surface area contributed by atoms with Gasteiger partial charge in [-0.05, 0) is 5.56 Å². The normalized spacial score (nSPS) is 10.9. The molecule has 3 N–H and O–H groups in total. The topological polar surface area (TPSA) is 89.6 Å².